The van der Waals surface area contributed by atoms with Crippen molar-refractivity contribution in [1.29, 1.82) is 0 Å². The molecule has 0 saturated carbocycles. The van der Waals surface area contributed by atoms with Gasteiger partial charge in [-0.05, 0) is 66.7 Å². The fourth-order valence-electron chi connectivity index (χ4n) is 2.54. The Hall–Kier alpha value is -3.43. The topological polar surface area (TPSA) is 81.9 Å². The van der Waals surface area contributed by atoms with Crippen molar-refractivity contribution in [3.05, 3.63) is 65.5 Å². The highest BCUT2D eigenvalue weighted by Crippen LogP contribution is 2.30. The van der Waals surface area contributed by atoms with Crippen LogP contribution in [0.25, 0.3) is 0 Å². The van der Waals surface area contributed by atoms with Gasteiger partial charge in [-0.3, -0.25) is 4.79 Å². The van der Waals surface area contributed by atoms with E-state index in [-0.39, 0.29) is 23.9 Å². The predicted octanol–water partition coefficient (Wildman–Crippen LogP) is 4.10. The van der Waals surface area contributed by atoms with Crippen molar-refractivity contribution in [2.75, 3.05) is 5.32 Å². The maximum atomic E-state index is 12.8. The predicted molar refractivity (Wildman–Crippen MR) is 98.4 cm³/mol. The molecule has 3 rings (SSSR count). The molecule has 0 radical (unpaired) electrons. The monoisotopic (exact) mass is 405 g/mol. The summed E-state index contributed by atoms with van der Waals surface area (Å²) in [6, 6.07) is 10.8. The van der Waals surface area contributed by atoms with Gasteiger partial charge in [0.2, 0.25) is 0 Å². The van der Waals surface area contributed by atoms with Crippen molar-refractivity contribution in [1.82, 2.24) is 20.2 Å². The summed E-state index contributed by atoms with van der Waals surface area (Å²) in [5.74, 6) is 0.532. The van der Waals surface area contributed by atoms with E-state index >= 15 is 0 Å². The molecule has 0 aliphatic rings. The van der Waals surface area contributed by atoms with Gasteiger partial charge in [0.25, 0.3) is 5.91 Å². The van der Waals surface area contributed by atoms with Crippen LogP contribution in [-0.4, -0.2) is 26.1 Å². The van der Waals surface area contributed by atoms with Gasteiger partial charge in [-0.25, -0.2) is 4.68 Å². The van der Waals surface area contributed by atoms with Gasteiger partial charge in [-0.1, -0.05) is 6.07 Å². The lowest BCUT2D eigenvalue weighted by Crippen LogP contribution is -2.13. The minimum Gasteiger partial charge on any atom is -0.486 e. The maximum absolute atomic E-state index is 12.8. The van der Waals surface area contributed by atoms with Gasteiger partial charge < -0.3 is 10.1 Å². The van der Waals surface area contributed by atoms with E-state index in [1.807, 2.05) is 13.8 Å². The fourth-order valence-corrected chi connectivity index (χ4v) is 2.54. The van der Waals surface area contributed by atoms with E-state index in [9.17, 15) is 18.0 Å². The molecule has 0 aliphatic carbocycles. The lowest BCUT2D eigenvalue weighted by Gasteiger charge is -2.11. The molecule has 1 heterocycles. The number of nitrogens with one attached hydrogen (secondary N) is 1. The fraction of sp³-hybridized carbons (Fsp3) is 0.263. The number of hydrogen-bond acceptors (Lipinski definition) is 5. The molecule has 0 bridgehead atoms. The third-order valence-electron chi connectivity index (χ3n) is 3.98. The maximum Gasteiger partial charge on any atom is 0.416 e. The van der Waals surface area contributed by atoms with Crippen LogP contribution in [0.15, 0.2) is 48.5 Å². The summed E-state index contributed by atoms with van der Waals surface area (Å²) in [5.41, 5.74) is -0.491. The van der Waals surface area contributed by atoms with Crippen LogP contribution in [0.4, 0.5) is 18.9 Å². The molecule has 0 spiro atoms. The van der Waals surface area contributed by atoms with Crippen LogP contribution in [0.2, 0.25) is 0 Å². The number of halogens is 3. The molecule has 10 heteroatoms. The van der Waals surface area contributed by atoms with E-state index in [1.165, 1.54) is 24.3 Å². The average Bonchev–Trinajstić information content (AvgIpc) is 3.15. The standard InChI is InChI=1S/C19H18F3N5O2/c1-12(2)27-17(24-25-26-27)11-29-16-8-6-13(7-9-16)18(28)23-15-5-3-4-14(10-15)19(20,21)22/h3-10,12H,11H2,1-2H3,(H,23,28). The number of tetrazole rings is 1. The lowest BCUT2D eigenvalue weighted by molar-refractivity contribution is -0.137. The molecule has 0 aliphatic heterocycles. The van der Waals surface area contributed by atoms with Crippen LogP contribution >= 0.6 is 0 Å². The Morgan fingerprint density at radius 3 is 2.55 bits per heavy atom. The number of amides is 1. The molecule has 0 unspecified atom stereocenters. The molecular weight excluding hydrogens is 387 g/mol. The lowest BCUT2D eigenvalue weighted by atomic mass is 10.1. The zero-order chi connectivity index (χ0) is 21.0. The van der Waals surface area contributed by atoms with E-state index in [2.05, 4.69) is 20.8 Å². The Balaban J connectivity index is 1.62. The van der Waals surface area contributed by atoms with Crippen LogP contribution in [0.1, 0.15) is 41.6 Å². The third-order valence-corrected chi connectivity index (χ3v) is 3.98. The minimum atomic E-state index is -4.48. The zero-order valence-electron chi connectivity index (χ0n) is 15.6. The number of rotatable bonds is 6. The van der Waals surface area contributed by atoms with E-state index in [4.69, 9.17) is 4.74 Å². The van der Waals surface area contributed by atoms with Crippen molar-refractivity contribution < 1.29 is 22.7 Å². The second-order valence-corrected chi connectivity index (χ2v) is 6.48. The third kappa shape index (κ3) is 5.09. The first-order valence-corrected chi connectivity index (χ1v) is 8.72. The molecular formula is C19H18F3N5O2. The summed E-state index contributed by atoms with van der Waals surface area (Å²) in [7, 11) is 0. The smallest absolute Gasteiger partial charge is 0.416 e. The van der Waals surface area contributed by atoms with Crippen molar-refractivity contribution >= 4 is 11.6 Å². The molecule has 152 valence electrons. The van der Waals surface area contributed by atoms with Crippen LogP contribution in [-0.2, 0) is 12.8 Å². The summed E-state index contributed by atoms with van der Waals surface area (Å²) in [4.78, 5) is 12.3. The van der Waals surface area contributed by atoms with Crippen molar-refractivity contribution in [2.45, 2.75) is 32.7 Å². The highest BCUT2D eigenvalue weighted by atomic mass is 19.4. The Kier molecular flexibility index (Phi) is 5.81. The summed E-state index contributed by atoms with van der Waals surface area (Å²) in [6.45, 7) is 4.04. The number of benzene rings is 2. The first-order valence-electron chi connectivity index (χ1n) is 8.72. The van der Waals surface area contributed by atoms with E-state index in [0.717, 1.165) is 12.1 Å². The Labute approximate surface area is 164 Å². The van der Waals surface area contributed by atoms with Gasteiger partial charge in [-0.2, -0.15) is 13.2 Å². The first kappa shape index (κ1) is 20.3. The molecule has 3 aromatic rings. The summed E-state index contributed by atoms with van der Waals surface area (Å²) in [6.07, 6.45) is -4.48. The van der Waals surface area contributed by atoms with Crippen molar-refractivity contribution in [3.63, 3.8) is 0 Å². The summed E-state index contributed by atoms with van der Waals surface area (Å²) in [5, 5.41) is 13.8. The number of anilines is 1. The Bertz CT molecular complexity index is 984. The van der Waals surface area contributed by atoms with Gasteiger partial charge >= 0.3 is 6.18 Å². The number of nitrogens with zero attached hydrogens (tertiary/aromatic N) is 4. The van der Waals surface area contributed by atoms with Gasteiger partial charge in [0, 0.05) is 11.3 Å². The van der Waals surface area contributed by atoms with Crippen LogP contribution in [0.3, 0.4) is 0 Å². The Morgan fingerprint density at radius 1 is 1.17 bits per heavy atom. The Morgan fingerprint density at radius 2 is 1.90 bits per heavy atom. The van der Waals surface area contributed by atoms with Crippen molar-refractivity contribution in [2.24, 2.45) is 0 Å². The number of hydrogen-bond donors (Lipinski definition) is 1. The SMILES string of the molecule is CC(C)n1nnnc1COc1ccc(C(=O)Nc2cccc(C(F)(F)F)c2)cc1. The van der Waals surface area contributed by atoms with Crippen LogP contribution < -0.4 is 10.1 Å². The molecule has 0 atom stereocenters. The molecule has 0 saturated heterocycles. The number of carbonyl (C=O) groups is 1. The highest BCUT2D eigenvalue weighted by Gasteiger charge is 2.30. The summed E-state index contributed by atoms with van der Waals surface area (Å²) >= 11 is 0. The van der Waals surface area contributed by atoms with E-state index < -0.39 is 17.6 Å². The highest BCUT2D eigenvalue weighted by molar-refractivity contribution is 6.04. The van der Waals surface area contributed by atoms with Gasteiger partial charge in [0.15, 0.2) is 5.82 Å². The number of carbonyl (C=O) groups excluding carboxylic acids is 1. The molecule has 0 fully saturated rings. The molecule has 2 aromatic carbocycles. The molecule has 1 aromatic heterocycles. The van der Waals surface area contributed by atoms with E-state index in [0.29, 0.717) is 11.6 Å². The van der Waals surface area contributed by atoms with Gasteiger partial charge in [0.1, 0.15) is 12.4 Å². The van der Waals surface area contributed by atoms with Gasteiger partial charge in [0.05, 0.1) is 11.6 Å². The second-order valence-electron chi connectivity index (χ2n) is 6.48. The minimum absolute atomic E-state index is 0.0608. The second kappa shape index (κ2) is 8.29. The first-order chi connectivity index (χ1) is 13.7. The van der Waals surface area contributed by atoms with Crippen molar-refractivity contribution in [3.8, 4) is 5.75 Å². The molecule has 1 N–H and O–H groups in total. The average molecular weight is 405 g/mol. The largest absolute Gasteiger partial charge is 0.486 e. The molecule has 1 amide bonds. The summed E-state index contributed by atoms with van der Waals surface area (Å²) < 4.78 is 45.6. The van der Waals surface area contributed by atoms with E-state index in [1.54, 1.807) is 16.8 Å². The van der Waals surface area contributed by atoms with Crippen LogP contribution in [0.5, 0.6) is 5.75 Å². The number of alkyl halides is 3. The van der Waals surface area contributed by atoms with Crippen LogP contribution in [0, 0.1) is 0 Å². The molecule has 7 nitrogen and oxygen atoms in total. The quantitative estimate of drug-likeness (QED) is 0.668. The number of ether oxygens (including phenoxy) is 1. The number of aromatic nitrogens is 4. The zero-order valence-corrected chi connectivity index (χ0v) is 15.6. The molecule has 29 heavy (non-hydrogen) atoms. The normalized spacial score (nSPS) is 11.5. The van der Waals surface area contributed by atoms with Gasteiger partial charge in [-0.15, -0.1) is 5.10 Å².